The van der Waals surface area contributed by atoms with Gasteiger partial charge >= 0.3 is 0 Å². The number of carbonyl (C=O) groups is 1. The molecule has 1 aliphatic rings. The predicted molar refractivity (Wildman–Crippen MR) is 64.8 cm³/mol. The fourth-order valence-corrected chi connectivity index (χ4v) is 2.09. The maximum absolute atomic E-state index is 11.9. The Balaban J connectivity index is 2.31. The molecule has 1 heterocycles. The van der Waals surface area contributed by atoms with Crippen molar-refractivity contribution in [3.63, 3.8) is 0 Å². The van der Waals surface area contributed by atoms with Crippen LogP contribution in [0.25, 0.3) is 0 Å². The SMILES string of the molecule is Cc1ccc(C)c(N2CC(N=C=O)CC2=O)c1. The lowest BCUT2D eigenvalue weighted by Crippen LogP contribution is -2.25. The van der Waals surface area contributed by atoms with E-state index in [4.69, 9.17) is 0 Å². The number of isocyanates is 1. The van der Waals surface area contributed by atoms with Crippen molar-refractivity contribution in [3.05, 3.63) is 29.3 Å². The molecule has 0 aromatic heterocycles. The van der Waals surface area contributed by atoms with Gasteiger partial charge in [-0.15, -0.1) is 0 Å². The van der Waals surface area contributed by atoms with Crippen molar-refractivity contribution in [1.82, 2.24) is 0 Å². The molecular weight excluding hydrogens is 216 g/mol. The highest BCUT2D eigenvalue weighted by atomic mass is 16.2. The van der Waals surface area contributed by atoms with Crippen molar-refractivity contribution in [2.24, 2.45) is 4.99 Å². The van der Waals surface area contributed by atoms with E-state index in [0.29, 0.717) is 13.0 Å². The molecule has 2 rings (SSSR count). The van der Waals surface area contributed by atoms with Gasteiger partial charge in [0.1, 0.15) is 0 Å². The summed E-state index contributed by atoms with van der Waals surface area (Å²) in [5.41, 5.74) is 3.08. The molecule has 88 valence electrons. The fourth-order valence-electron chi connectivity index (χ4n) is 2.09. The maximum atomic E-state index is 11.9. The molecule has 17 heavy (non-hydrogen) atoms. The number of anilines is 1. The van der Waals surface area contributed by atoms with Crippen molar-refractivity contribution in [1.29, 1.82) is 0 Å². The Morgan fingerprint density at radius 2 is 2.18 bits per heavy atom. The summed E-state index contributed by atoms with van der Waals surface area (Å²) in [6.07, 6.45) is 1.82. The number of benzene rings is 1. The van der Waals surface area contributed by atoms with Crippen LogP contribution in [0.3, 0.4) is 0 Å². The topological polar surface area (TPSA) is 49.7 Å². The molecule has 1 saturated heterocycles. The summed E-state index contributed by atoms with van der Waals surface area (Å²) in [4.78, 5) is 27.4. The van der Waals surface area contributed by atoms with Gasteiger partial charge in [0.05, 0.1) is 12.5 Å². The third kappa shape index (κ3) is 2.27. The first-order valence-corrected chi connectivity index (χ1v) is 5.56. The standard InChI is InChI=1S/C13H14N2O2/c1-9-3-4-10(2)12(5-9)15-7-11(14-8-16)6-13(15)17/h3-5,11H,6-7H2,1-2H3. The lowest BCUT2D eigenvalue weighted by molar-refractivity contribution is -0.117. The monoisotopic (exact) mass is 230 g/mol. The highest BCUT2D eigenvalue weighted by molar-refractivity contribution is 5.97. The number of nitrogens with zero attached hydrogens (tertiary/aromatic N) is 2. The van der Waals surface area contributed by atoms with Crippen molar-refractivity contribution in [3.8, 4) is 0 Å². The van der Waals surface area contributed by atoms with Gasteiger partial charge in [0, 0.05) is 12.2 Å². The zero-order valence-corrected chi connectivity index (χ0v) is 9.93. The minimum absolute atomic E-state index is 0.0164. The molecule has 1 atom stereocenters. The average molecular weight is 230 g/mol. The van der Waals surface area contributed by atoms with E-state index in [2.05, 4.69) is 4.99 Å². The summed E-state index contributed by atoms with van der Waals surface area (Å²) < 4.78 is 0. The van der Waals surface area contributed by atoms with Gasteiger partial charge < -0.3 is 4.90 Å². The number of aryl methyl sites for hydroxylation is 2. The molecule has 0 aliphatic carbocycles. The van der Waals surface area contributed by atoms with Crippen LogP contribution in [0.2, 0.25) is 0 Å². The first-order valence-electron chi connectivity index (χ1n) is 5.56. The van der Waals surface area contributed by atoms with Crippen LogP contribution in [0.1, 0.15) is 17.5 Å². The molecule has 1 unspecified atom stereocenters. The second kappa shape index (κ2) is 4.52. The first kappa shape index (κ1) is 11.6. The molecule has 0 saturated carbocycles. The van der Waals surface area contributed by atoms with Crippen molar-refractivity contribution >= 4 is 17.7 Å². The Morgan fingerprint density at radius 1 is 1.41 bits per heavy atom. The van der Waals surface area contributed by atoms with Gasteiger partial charge in [0.2, 0.25) is 12.0 Å². The Hall–Kier alpha value is -1.93. The van der Waals surface area contributed by atoms with Crippen LogP contribution in [-0.4, -0.2) is 24.6 Å². The van der Waals surface area contributed by atoms with E-state index in [1.54, 1.807) is 4.90 Å². The van der Waals surface area contributed by atoms with Gasteiger partial charge in [-0.1, -0.05) is 12.1 Å². The second-order valence-corrected chi connectivity index (χ2v) is 4.37. The molecule has 4 heteroatoms. The van der Waals surface area contributed by atoms with E-state index >= 15 is 0 Å². The van der Waals surface area contributed by atoms with E-state index in [1.807, 2.05) is 32.0 Å². The van der Waals surface area contributed by atoms with E-state index < -0.39 is 0 Å². The van der Waals surface area contributed by atoms with Crippen molar-refractivity contribution < 1.29 is 9.59 Å². The molecule has 1 amide bonds. The van der Waals surface area contributed by atoms with Crippen molar-refractivity contribution in [2.45, 2.75) is 26.3 Å². The Morgan fingerprint density at radius 3 is 2.88 bits per heavy atom. The molecular formula is C13H14N2O2. The molecule has 0 bridgehead atoms. The van der Waals surface area contributed by atoms with Crippen LogP contribution in [0.4, 0.5) is 5.69 Å². The summed E-state index contributed by atoms with van der Waals surface area (Å²) in [5.74, 6) is 0.0164. The molecule has 1 aromatic rings. The van der Waals surface area contributed by atoms with Gasteiger partial charge in [-0.3, -0.25) is 4.79 Å². The largest absolute Gasteiger partial charge is 0.310 e. The highest BCUT2D eigenvalue weighted by Gasteiger charge is 2.31. The number of hydrogen-bond donors (Lipinski definition) is 0. The van der Waals surface area contributed by atoms with E-state index in [0.717, 1.165) is 16.8 Å². The third-order valence-electron chi connectivity index (χ3n) is 3.00. The molecule has 1 aromatic carbocycles. The Bertz CT molecular complexity index is 504. The summed E-state index contributed by atoms with van der Waals surface area (Å²) in [7, 11) is 0. The number of hydrogen-bond acceptors (Lipinski definition) is 3. The van der Waals surface area contributed by atoms with Gasteiger partial charge in [-0.2, -0.15) is 0 Å². The summed E-state index contributed by atoms with van der Waals surface area (Å²) >= 11 is 0. The molecule has 0 radical (unpaired) electrons. The molecule has 0 spiro atoms. The van der Waals surface area contributed by atoms with Crippen LogP contribution < -0.4 is 4.90 Å². The van der Waals surface area contributed by atoms with Gasteiger partial charge in [-0.25, -0.2) is 9.79 Å². The average Bonchev–Trinajstić information content (AvgIpc) is 2.64. The van der Waals surface area contributed by atoms with Crippen LogP contribution in [-0.2, 0) is 9.59 Å². The van der Waals surface area contributed by atoms with Gasteiger partial charge in [-0.05, 0) is 31.0 Å². The summed E-state index contributed by atoms with van der Waals surface area (Å²) in [6.45, 7) is 4.43. The van der Waals surface area contributed by atoms with Crippen LogP contribution in [0.15, 0.2) is 23.2 Å². The maximum Gasteiger partial charge on any atom is 0.235 e. The summed E-state index contributed by atoms with van der Waals surface area (Å²) in [6, 6.07) is 5.74. The lowest BCUT2D eigenvalue weighted by Gasteiger charge is -2.18. The Labute approximate surface area is 100.0 Å². The number of carbonyl (C=O) groups excluding carboxylic acids is 2. The van der Waals surface area contributed by atoms with Crippen LogP contribution in [0.5, 0.6) is 0 Å². The molecule has 0 N–H and O–H groups in total. The Kier molecular flexibility index (Phi) is 3.07. The quantitative estimate of drug-likeness (QED) is 0.574. The fraction of sp³-hybridized carbons (Fsp3) is 0.385. The first-order chi connectivity index (χ1) is 8.11. The zero-order chi connectivity index (χ0) is 12.4. The zero-order valence-electron chi connectivity index (χ0n) is 9.93. The van der Waals surface area contributed by atoms with Crippen LogP contribution >= 0.6 is 0 Å². The van der Waals surface area contributed by atoms with Gasteiger partial charge in [0.15, 0.2) is 0 Å². The van der Waals surface area contributed by atoms with Crippen molar-refractivity contribution in [2.75, 3.05) is 11.4 Å². The molecule has 4 nitrogen and oxygen atoms in total. The highest BCUT2D eigenvalue weighted by Crippen LogP contribution is 2.27. The van der Waals surface area contributed by atoms with Crippen LogP contribution in [0, 0.1) is 13.8 Å². The minimum Gasteiger partial charge on any atom is -0.310 e. The molecule has 1 aliphatic heterocycles. The smallest absolute Gasteiger partial charge is 0.235 e. The van der Waals surface area contributed by atoms with E-state index in [1.165, 1.54) is 6.08 Å². The van der Waals surface area contributed by atoms with Gasteiger partial charge in [0.25, 0.3) is 0 Å². The van der Waals surface area contributed by atoms with E-state index in [-0.39, 0.29) is 11.9 Å². The number of aliphatic imine (C=N–C) groups is 1. The minimum atomic E-state index is -0.250. The molecule has 1 fully saturated rings. The number of amides is 1. The predicted octanol–water partition coefficient (Wildman–Crippen LogP) is 1.74. The van der Waals surface area contributed by atoms with E-state index in [9.17, 15) is 9.59 Å². The normalized spacial score (nSPS) is 19.3. The second-order valence-electron chi connectivity index (χ2n) is 4.37. The third-order valence-corrected chi connectivity index (χ3v) is 3.00. The summed E-state index contributed by atoms with van der Waals surface area (Å²) in [5, 5.41) is 0. The lowest BCUT2D eigenvalue weighted by atomic mass is 10.1. The number of rotatable bonds is 2.